The first kappa shape index (κ1) is 18.9. The summed E-state index contributed by atoms with van der Waals surface area (Å²) in [5.74, 6) is -2.83. The van der Waals surface area contributed by atoms with Crippen LogP contribution in [0.25, 0.3) is 0 Å². The molecule has 1 N–H and O–H groups in total. The minimum absolute atomic E-state index is 0.192. The first-order chi connectivity index (χ1) is 9.83. The summed E-state index contributed by atoms with van der Waals surface area (Å²) in [6.07, 6.45) is -0.640. The Morgan fingerprint density at radius 2 is 1.81 bits per heavy atom. The summed E-state index contributed by atoms with van der Waals surface area (Å²) in [5.41, 5.74) is -0.295. The van der Waals surface area contributed by atoms with Crippen LogP contribution in [0.5, 0.6) is 0 Å². The molecule has 0 aliphatic rings. The van der Waals surface area contributed by atoms with Gasteiger partial charge in [0.2, 0.25) is 0 Å². The van der Waals surface area contributed by atoms with Crippen LogP contribution in [0.3, 0.4) is 0 Å². The van der Waals surface area contributed by atoms with E-state index in [1.807, 2.05) is 18.7 Å². The fraction of sp³-hybridized carbons (Fsp3) is 0.500. The smallest absolute Gasteiger partial charge is 0.333 e. The van der Waals surface area contributed by atoms with Crippen molar-refractivity contribution in [3.05, 3.63) is 24.8 Å². The zero-order valence-corrected chi connectivity index (χ0v) is 12.3. The van der Waals surface area contributed by atoms with Gasteiger partial charge >= 0.3 is 17.9 Å². The van der Waals surface area contributed by atoms with E-state index in [1.165, 1.54) is 0 Å². The molecule has 0 radical (unpaired) electrons. The van der Waals surface area contributed by atoms with Gasteiger partial charge in [-0.2, -0.15) is 0 Å². The number of carbonyl (C=O) groups is 3. The van der Waals surface area contributed by atoms with Crippen molar-refractivity contribution >= 4 is 17.9 Å². The molecule has 0 aromatic carbocycles. The number of esters is 2. The first-order valence-corrected chi connectivity index (χ1v) is 6.49. The van der Waals surface area contributed by atoms with E-state index >= 15 is 0 Å². The number of carboxylic acid groups (broad SMARTS) is 1. The van der Waals surface area contributed by atoms with Gasteiger partial charge < -0.3 is 14.6 Å². The maximum Gasteiger partial charge on any atom is 0.333 e. The van der Waals surface area contributed by atoms with Gasteiger partial charge in [-0.15, -0.1) is 0 Å². The molecule has 0 saturated heterocycles. The normalized spacial score (nSPS) is 11.6. The highest BCUT2D eigenvalue weighted by atomic mass is 16.7. The summed E-state index contributed by atoms with van der Waals surface area (Å²) in [6.45, 7) is 11.9. The van der Waals surface area contributed by atoms with E-state index in [1.54, 1.807) is 0 Å². The Balaban J connectivity index is 4.68. The van der Waals surface area contributed by atoms with Crippen LogP contribution in [0.1, 0.15) is 20.3 Å². The van der Waals surface area contributed by atoms with Crippen LogP contribution in [0, 0.1) is 0 Å². The molecule has 21 heavy (non-hydrogen) atoms. The monoisotopic (exact) mass is 299 g/mol. The largest absolute Gasteiger partial charge is 0.478 e. The third-order valence-electron chi connectivity index (χ3n) is 2.64. The average molecular weight is 299 g/mol. The summed E-state index contributed by atoms with van der Waals surface area (Å²) in [7, 11) is 0. The summed E-state index contributed by atoms with van der Waals surface area (Å²) in [4.78, 5) is 35.3. The van der Waals surface area contributed by atoms with E-state index in [-0.39, 0.29) is 12.1 Å². The van der Waals surface area contributed by atoms with Gasteiger partial charge in [-0.05, 0) is 13.1 Å². The molecule has 0 aliphatic carbocycles. The van der Waals surface area contributed by atoms with Crippen molar-refractivity contribution in [3.8, 4) is 0 Å². The molecule has 0 heterocycles. The van der Waals surface area contributed by atoms with Gasteiger partial charge in [0.15, 0.2) is 0 Å². The number of hydrogen-bond donors (Lipinski definition) is 1. The third kappa shape index (κ3) is 7.88. The number of rotatable bonds is 10. The molecule has 0 rings (SSSR count). The molecule has 1 atom stereocenters. The number of carbonyl (C=O) groups excluding carboxylic acids is 2. The summed E-state index contributed by atoms with van der Waals surface area (Å²) in [6, 6.07) is 0. The van der Waals surface area contributed by atoms with E-state index < -0.39 is 30.6 Å². The maximum atomic E-state index is 11.6. The van der Waals surface area contributed by atoms with Gasteiger partial charge in [0.25, 0.3) is 6.29 Å². The second-order valence-corrected chi connectivity index (χ2v) is 4.13. The van der Waals surface area contributed by atoms with Crippen molar-refractivity contribution in [1.82, 2.24) is 4.90 Å². The predicted octanol–water partition coefficient (Wildman–Crippen LogP) is 0.958. The number of carboxylic acids is 1. The highest BCUT2D eigenvalue weighted by Gasteiger charge is 2.21. The molecular weight excluding hydrogens is 278 g/mol. The number of hydrogen-bond acceptors (Lipinski definition) is 6. The quantitative estimate of drug-likeness (QED) is 0.365. The highest BCUT2D eigenvalue weighted by Crippen LogP contribution is 2.06. The lowest BCUT2D eigenvalue weighted by molar-refractivity contribution is -0.187. The molecule has 0 bridgehead atoms. The number of likely N-dealkylation sites (N-methyl/N-ethyl adjacent to an activating group) is 1. The van der Waals surface area contributed by atoms with Crippen LogP contribution in [0.4, 0.5) is 0 Å². The Hall–Kier alpha value is -2.15. The minimum atomic E-state index is -1.28. The number of ether oxygens (including phenoxy) is 2. The van der Waals surface area contributed by atoms with Crippen molar-refractivity contribution in [2.75, 3.05) is 19.6 Å². The zero-order chi connectivity index (χ0) is 16.4. The zero-order valence-electron chi connectivity index (χ0n) is 12.3. The van der Waals surface area contributed by atoms with Crippen LogP contribution >= 0.6 is 0 Å². The Bertz CT molecular complexity index is 414. The van der Waals surface area contributed by atoms with Gasteiger partial charge in [-0.1, -0.05) is 27.0 Å². The standard InChI is InChI=1S/C14H21NO6/c1-5-11(16)20-13(9-15(6-2)7-3)21-12(17)8-10(4)14(18)19/h5,13H,1,4,6-9H2,2-3H3,(H,18,19). The molecule has 7 nitrogen and oxygen atoms in total. The fourth-order valence-corrected chi connectivity index (χ4v) is 1.41. The number of nitrogens with zero attached hydrogens (tertiary/aromatic N) is 1. The van der Waals surface area contributed by atoms with Crippen molar-refractivity contribution in [3.63, 3.8) is 0 Å². The molecule has 0 spiro atoms. The summed E-state index contributed by atoms with van der Waals surface area (Å²) in [5, 5.41) is 8.66. The Morgan fingerprint density at radius 3 is 2.24 bits per heavy atom. The van der Waals surface area contributed by atoms with Gasteiger partial charge in [0.05, 0.1) is 13.0 Å². The Morgan fingerprint density at radius 1 is 1.24 bits per heavy atom. The Labute approximate surface area is 123 Å². The average Bonchev–Trinajstić information content (AvgIpc) is 2.43. The topological polar surface area (TPSA) is 93.1 Å². The SMILES string of the molecule is C=CC(=O)OC(CN(CC)CC)OC(=O)CC(=C)C(=O)O. The summed E-state index contributed by atoms with van der Waals surface area (Å²) < 4.78 is 9.91. The van der Waals surface area contributed by atoms with Crippen LogP contribution < -0.4 is 0 Å². The molecule has 0 aromatic heterocycles. The van der Waals surface area contributed by atoms with Crippen LogP contribution in [0.2, 0.25) is 0 Å². The second-order valence-electron chi connectivity index (χ2n) is 4.13. The minimum Gasteiger partial charge on any atom is -0.478 e. The molecule has 7 heteroatoms. The molecule has 0 saturated carbocycles. The third-order valence-corrected chi connectivity index (χ3v) is 2.64. The highest BCUT2D eigenvalue weighted by molar-refractivity contribution is 5.91. The molecule has 118 valence electrons. The molecule has 0 amide bonds. The van der Waals surface area contributed by atoms with E-state index in [0.717, 1.165) is 6.08 Å². The van der Waals surface area contributed by atoms with Gasteiger partial charge in [0, 0.05) is 11.6 Å². The van der Waals surface area contributed by atoms with Crippen LogP contribution in [-0.2, 0) is 23.9 Å². The first-order valence-electron chi connectivity index (χ1n) is 6.49. The van der Waals surface area contributed by atoms with Crippen LogP contribution in [-0.4, -0.2) is 53.8 Å². The van der Waals surface area contributed by atoms with Gasteiger partial charge in [-0.25, -0.2) is 9.59 Å². The lowest BCUT2D eigenvalue weighted by atomic mass is 10.2. The van der Waals surface area contributed by atoms with Crippen molar-refractivity contribution < 1.29 is 29.0 Å². The molecular formula is C14H21NO6. The van der Waals surface area contributed by atoms with E-state index in [9.17, 15) is 14.4 Å². The molecule has 1 unspecified atom stereocenters. The van der Waals surface area contributed by atoms with E-state index in [4.69, 9.17) is 14.6 Å². The van der Waals surface area contributed by atoms with Crippen molar-refractivity contribution in [1.29, 1.82) is 0 Å². The Kier molecular flexibility index (Phi) is 8.71. The lowest BCUT2D eigenvalue weighted by Crippen LogP contribution is -2.37. The summed E-state index contributed by atoms with van der Waals surface area (Å²) >= 11 is 0. The molecule has 0 aliphatic heterocycles. The maximum absolute atomic E-state index is 11.6. The molecule has 0 aromatic rings. The predicted molar refractivity (Wildman–Crippen MR) is 75.3 cm³/mol. The fourth-order valence-electron chi connectivity index (χ4n) is 1.41. The van der Waals surface area contributed by atoms with E-state index in [2.05, 4.69) is 13.2 Å². The lowest BCUT2D eigenvalue weighted by Gasteiger charge is -2.24. The van der Waals surface area contributed by atoms with Crippen molar-refractivity contribution in [2.24, 2.45) is 0 Å². The van der Waals surface area contributed by atoms with Gasteiger partial charge in [-0.3, -0.25) is 9.69 Å². The van der Waals surface area contributed by atoms with Crippen LogP contribution in [0.15, 0.2) is 24.8 Å². The number of aliphatic carboxylic acids is 1. The second kappa shape index (κ2) is 9.71. The molecule has 0 fully saturated rings. The van der Waals surface area contributed by atoms with Gasteiger partial charge in [0.1, 0.15) is 0 Å². The van der Waals surface area contributed by atoms with E-state index in [0.29, 0.717) is 13.1 Å². The van der Waals surface area contributed by atoms with Crippen molar-refractivity contribution in [2.45, 2.75) is 26.6 Å².